The largest absolute Gasteiger partial charge is 1.00 e. The molecule has 18 heavy (non-hydrogen) atoms. The van der Waals surface area contributed by atoms with Crippen LogP contribution in [0.2, 0.25) is 0 Å². The fraction of sp³-hybridized carbons (Fsp3) is 0.0769. The number of hydrogen-bond donors (Lipinski definition) is 0. The number of halogens is 1. The molecule has 0 bridgehead atoms. The Morgan fingerprint density at radius 1 is 1.11 bits per heavy atom. The Bertz CT molecular complexity index is 491. The number of aliphatic imine (C=N–C) groups is 1. The van der Waals surface area contributed by atoms with Crippen molar-refractivity contribution < 1.29 is 41.0 Å². The summed E-state index contributed by atoms with van der Waals surface area (Å²) in [7, 11) is 0. The summed E-state index contributed by atoms with van der Waals surface area (Å²) in [5.74, 6) is 0. The van der Waals surface area contributed by atoms with E-state index in [1.165, 1.54) is 4.90 Å². The van der Waals surface area contributed by atoms with Gasteiger partial charge in [0, 0.05) is 11.1 Å². The molecule has 0 amide bonds. The first-order chi connectivity index (χ1) is 7.90. The van der Waals surface area contributed by atoms with Crippen LogP contribution in [0.3, 0.4) is 0 Å². The molecule has 1 aromatic heterocycles. The molecule has 0 radical (unpaired) electrons. The van der Waals surface area contributed by atoms with Crippen molar-refractivity contribution in [2.75, 3.05) is 6.26 Å². The molecule has 2 rings (SSSR count). The molecule has 5 heteroatoms. The minimum absolute atomic E-state index is 0. The Labute approximate surface area is 139 Å². The number of rotatable bonds is 3. The molecular weight excluding hydrogens is 407 g/mol. The molecule has 0 spiro atoms. The van der Waals surface area contributed by atoms with Crippen molar-refractivity contribution in [2.45, 2.75) is 4.90 Å². The molecule has 0 N–H and O–H groups in total. The van der Waals surface area contributed by atoms with Crippen LogP contribution in [-0.2, 0) is 17.1 Å². The predicted octanol–water partition coefficient (Wildman–Crippen LogP) is 0.556. The van der Waals surface area contributed by atoms with Gasteiger partial charge in [0.1, 0.15) is 0 Å². The minimum Gasteiger partial charge on any atom is -1.00 e. The standard InChI is InChI=1S/C13H12N2S.Cu.HI/c1-16-13-8-3-2-7-12(13)15-10-11-6-4-5-9-14-11;;/h2-10H,1H3;;1H/q;+1;/p-1. The minimum atomic E-state index is 0. The van der Waals surface area contributed by atoms with Crippen LogP contribution in [0.25, 0.3) is 0 Å². The van der Waals surface area contributed by atoms with Gasteiger partial charge in [-0.05, 0) is 30.5 Å². The summed E-state index contributed by atoms with van der Waals surface area (Å²) >= 11 is 1.70. The van der Waals surface area contributed by atoms with E-state index in [-0.39, 0.29) is 41.0 Å². The van der Waals surface area contributed by atoms with Crippen molar-refractivity contribution in [1.82, 2.24) is 4.98 Å². The molecule has 0 atom stereocenters. The Balaban J connectivity index is 0.00000144. The Morgan fingerprint density at radius 2 is 1.83 bits per heavy atom. The fourth-order valence-electron chi connectivity index (χ4n) is 1.32. The maximum Gasteiger partial charge on any atom is 1.00 e. The predicted molar refractivity (Wildman–Crippen MR) is 69.7 cm³/mol. The Kier molecular flexibility index (Phi) is 9.36. The molecule has 0 aliphatic rings. The van der Waals surface area contributed by atoms with Crippen molar-refractivity contribution in [3.05, 3.63) is 54.4 Å². The number of para-hydroxylation sites is 1. The maximum atomic E-state index is 4.44. The summed E-state index contributed by atoms with van der Waals surface area (Å²) in [5.41, 5.74) is 1.86. The molecule has 1 aromatic carbocycles. The Hall–Kier alpha value is -0.361. The van der Waals surface area contributed by atoms with Gasteiger partial charge in [-0.2, -0.15) is 0 Å². The normalized spacial score (nSPS) is 9.61. The third-order valence-electron chi connectivity index (χ3n) is 2.11. The average Bonchev–Trinajstić information content (AvgIpc) is 2.38. The molecule has 2 nitrogen and oxygen atoms in total. The van der Waals surface area contributed by atoms with E-state index in [4.69, 9.17) is 0 Å². The monoisotopic (exact) mass is 418 g/mol. The summed E-state index contributed by atoms with van der Waals surface area (Å²) < 4.78 is 0. The van der Waals surface area contributed by atoms with Crippen LogP contribution < -0.4 is 24.0 Å². The third-order valence-corrected chi connectivity index (χ3v) is 2.89. The summed E-state index contributed by atoms with van der Waals surface area (Å²) in [6.07, 6.45) is 5.60. The zero-order chi connectivity index (χ0) is 11.2. The second kappa shape index (κ2) is 9.55. The zero-order valence-electron chi connectivity index (χ0n) is 9.68. The number of hydrogen-bond acceptors (Lipinski definition) is 3. The van der Waals surface area contributed by atoms with E-state index in [0.717, 1.165) is 11.4 Å². The summed E-state index contributed by atoms with van der Waals surface area (Å²) in [4.78, 5) is 9.81. The number of pyridine rings is 1. The molecule has 98 valence electrons. The quantitative estimate of drug-likeness (QED) is 0.315. The molecular formula is C13H12CuIN2S. The van der Waals surface area contributed by atoms with Crippen LogP contribution in [0.15, 0.2) is 58.5 Å². The van der Waals surface area contributed by atoms with Gasteiger partial charge in [0.25, 0.3) is 0 Å². The number of aromatic nitrogens is 1. The smallest absolute Gasteiger partial charge is 1.00 e. The molecule has 0 aliphatic heterocycles. The van der Waals surface area contributed by atoms with E-state index in [1.54, 1.807) is 24.2 Å². The van der Waals surface area contributed by atoms with E-state index in [0.29, 0.717) is 0 Å². The van der Waals surface area contributed by atoms with Crippen LogP contribution in [0.4, 0.5) is 5.69 Å². The molecule has 0 saturated heterocycles. The molecule has 0 unspecified atom stereocenters. The van der Waals surface area contributed by atoms with Crippen LogP contribution in [0.1, 0.15) is 5.69 Å². The summed E-state index contributed by atoms with van der Waals surface area (Å²) in [6.45, 7) is 0. The van der Waals surface area contributed by atoms with E-state index in [9.17, 15) is 0 Å². The van der Waals surface area contributed by atoms with Gasteiger partial charge in [-0.25, -0.2) is 0 Å². The molecule has 2 aromatic rings. The van der Waals surface area contributed by atoms with Crippen molar-refractivity contribution >= 4 is 23.7 Å². The fourth-order valence-corrected chi connectivity index (χ4v) is 1.87. The van der Waals surface area contributed by atoms with Gasteiger partial charge in [0.2, 0.25) is 0 Å². The van der Waals surface area contributed by atoms with Crippen molar-refractivity contribution in [2.24, 2.45) is 4.99 Å². The second-order valence-corrected chi connectivity index (χ2v) is 4.03. The zero-order valence-corrected chi connectivity index (χ0v) is 13.6. The van der Waals surface area contributed by atoms with Gasteiger partial charge in [0.15, 0.2) is 0 Å². The maximum absolute atomic E-state index is 4.44. The van der Waals surface area contributed by atoms with E-state index in [1.807, 2.05) is 36.4 Å². The van der Waals surface area contributed by atoms with Crippen molar-refractivity contribution in [3.63, 3.8) is 0 Å². The van der Waals surface area contributed by atoms with Gasteiger partial charge in [-0.15, -0.1) is 11.8 Å². The summed E-state index contributed by atoms with van der Waals surface area (Å²) in [6, 6.07) is 13.9. The number of nitrogens with zero attached hydrogens (tertiary/aromatic N) is 2. The van der Waals surface area contributed by atoms with Crippen LogP contribution in [0, 0.1) is 0 Å². The molecule has 0 saturated carbocycles. The van der Waals surface area contributed by atoms with Gasteiger partial charge in [-0.1, -0.05) is 18.2 Å². The van der Waals surface area contributed by atoms with Crippen molar-refractivity contribution in [1.29, 1.82) is 0 Å². The first-order valence-electron chi connectivity index (χ1n) is 4.98. The first kappa shape index (κ1) is 17.6. The van der Waals surface area contributed by atoms with Gasteiger partial charge in [0.05, 0.1) is 17.6 Å². The SMILES string of the molecule is CSc1ccccc1N=Cc1ccccn1.[Cu+].[I-]. The second-order valence-electron chi connectivity index (χ2n) is 3.18. The molecule has 0 aliphatic carbocycles. The number of benzene rings is 1. The summed E-state index contributed by atoms with van der Waals surface area (Å²) in [5, 5.41) is 0. The molecule has 0 fully saturated rings. The first-order valence-corrected chi connectivity index (χ1v) is 6.21. The van der Waals surface area contributed by atoms with E-state index >= 15 is 0 Å². The van der Waals surface area contributed by atoms with Crippen LogP contribution >= 0.6 is 11.8 Å². The van der Waals surface area contributed by atoms with Crippen LogP contribution in [0.5, 0.6) is 0 Å². The van der Waals surface area contributed by atoms with Gasteiger partial charge >= 0.3 is 17.1 Å². The number of thioether (sulfide) groups is 1. The third kappa shape index (κ3) is 5.10. The Morgan fingerprint density at radius 3 is 2.50 bits per heavy atom. The molecule has 1 heterocycles. The average molecular weight is 419 g/mol. The van der Waals surface area contributed by atoms with Crippen molar-refractivity contribution in [3.8, 4) is 0 Å². The van der Waals surface area contributed by atoms with Gasteiger partial charge < -0.3 is 24.0 Å². The van der Waals surface area contributed by atoms with E-state index < -0.39 is 0 Å². The van der Waals surface area contributed by atoms with Crippen LogP contribution in [-0.4, -0.2) is 17.5 Å². The van der Waals surface area contributed by atoms with Gasteiger partial charge in [-0.3, -0.25) is 9.98 Å². The van der Waals surface area contributed by atoms with E-state index in [2.05, 4.69) is 22.3 Å². The topological polar surface area (TPSA) is 25.2 Å².